The quantitative estimate of drug-likeness (QED) is 0.575. The highest BCUT2D eigenvalue weighted by molar-refractivity contribution is 5.77. The third-order valence-electron chi connectivity index (χ3n) is 1.53. The highest BCUT2D eigenvalue weighted by Crippen LogP contribution is 2.08. The SMILES string of the molecule is CCC(=O)CCC[C](C)C. The molecule has 0 heterocycles. The van der Waals surface area contributed by atoms with Gasteiger partial charge in [0.25, 0.3) is 0 Å². The summed E-state index contributed by atoms with van der Waals surface area (Å²) >= 11 is 0. The summed E-state index contributed by atoms with van der Waals surface area (Å²) in [6.45, 7) is 6.14. The molecule has 0 aliphatic carbocycles. The van der Waals surface area contributed by atoms with Crippen LogP contribution in [0.4, 0.5) is 0 Å². The van der Waals surface area contributed by atoms with Crippen molar-refractivity contribution in [1.82, 2.24) is 0 Å². The number of carbonyl (C=O) groups excluding carboxylic acids is 1. The maximum atomic E-state index is 10.8. The zero-order valence-electron chi connectivity index (χ0n) is 7.24. The number of hydrogen-bond acceptors (Lipinski definition) is 1. The van der Waals surface area contributed by atoms with Crippen LogP contribution >= 0.6 is 0 Å². The lowest BCUT2D eigenvalue weighted by atomic mass is 10.0. The van der Waals surface area contributed by atoms with E-state index >= 15 is 0 Å². The van der Waals surface area contributed by atoms with Crippen molar-refractivity contribution in [3.05, 3.63) is 5.92 Å². The molecule has 0 aromatic carbocycles. The lowest BCUT2D eigenvalue weighted by molar-refractivity contribution is -0.118. The van der Waals surface area contributed by atoms with Crippen LogP contribution in [0.5, 0.6) is 0 Å². The Hall–Kier alpha value is -0.330. The van der Waals surface area contributed by atoms with Gasteiger partial charge in [-0.15, -0.1) is 0 Å². The van der Waals surface area contributed by atoms with E-state index in [1.165, 1.54) is 5.92 Å². The number of carbonyl (C=O) groups is 1. The number of ketones is 1. The van der Waals surface area contributed by atoms with Crippen molar-refractivity contribution in [2.24, 2.45) is 0 Å². The molecule has 0 saturated heterocycles. The molecule has 0 amide bonds. The van der Waals surface area contributed by atoms with Gasteiger partial charge in [-0.25, -0.2) is 0 Å². The first-order valence-electron chi connectivity index (χ1n) is 3.97. The molecule has 1 heteroatoms. The van der Waals surface area contributed by atoms with E-state index in [9.17, 15) is 4.79 Å². The largest absolute Gasteiger partial charge is 0.300 e. The second kappa shape index (κ2) is 5.45. The van der Waals surface area contributed by atoms with E-state index in [2.05, 4.69) is 13.8 Å². The summed E-state index contributed by atoms with van der Waals surface area (Å²) in [6.07, 6.45) is 3.60. The first-order valence-corrected chi connectivity index (χ1v) is 3.97. The molecule has 0 aliphatic heterocycles. The van der Waals surface area contributed by atoms with Gasteiger partial charge >= 0.3 is 0 Å². The van der Waals surface area contributed by atoms with Crippen LogP contribution < -0.4 is 0 Å². The fourth-order valence-electron chi connectivity index (χ4n) is 0.816. The molecule has 0 N–H and O–H groups in total. The van der Waals surface area contributed by atoms with Gasteiger partial charge < -0.3 is 0 Å². The third-order valence-corrected chi connectivity index (χ3v) is 1.53. The summed E-state index contributed by atoms with van der Waals surface area (Å²) < 4.78 is 0. The summed E-state index contributed by atoms with van der Waals surface area (Å²) in [5.74, 6) is 1.81. The minimum absolute atomic E-state index is 0.390. The topological polar surface area (TPSA) is 17.1 Å². The molecule has 0 fully saturated rings. The van der Waals surface area contributed by atoms with Crippen molar-refractivity contribution in [3.8, 4) is 0 Å². The first-order chi connectivity index (χ1) is 4.66. The van der Waals surface area contributed by atoms with Gasteiger partial charge in [0.2, 0.25) is 0 Å². The zero-order valence-corrected chi connectivity index (χ0v) is 7.24. The molecule has 0 aromatic heterocycles. The van der Waals surface area contributed by atoms with Crippen molar-refractivity contribution in [2.45, 2.75) is 46.5 Å². The predicted octanol–water partition coefficient (Wildman–Crippen LogP) is 2.75. The Morgan fingerprint density at radius 1 is 1.20 bits per heavy atom. The predicted molar refractivity (Wildman–Crippen MR) is 43.7 cm³/mol. The average Bonchev–Trinajstić information content (AvgIpc) is 1.87. The Kier molecular flexibility index (Phi) is 5.27. The molecular weight excluding hydrogens is 124 g/mol. The minimum Gasteiger partial charge on any atom is -0.300 e. The molecule has 0 bridgehead atoms. The summed E-state index contributed by atoms with van der Waals surface area (Å²) in [5.41, 5.74) is 0. The molecule has 0 aromatic rings. The van der Waals surface area contributed by atoms with E-state index in [0.29, 0.717) is 12.2 Å². The summed E-state index contributed by atoms with van der Waals surface area (Å²) in [4.78, 5) is 10.8. The van der Waals surface area contributed by atoms with Crippen LogP contribution in [0.15, 0.2) is 0 Å². The molecule has 0 atom stereocenters. The molecule has 0 aliphatic rings. The van der Waals surface area contributed by atoms with Crippen LogP contribution in [-0.4, -0.2) is 5.78 Å². The lowest BCUT2D eigenvalue weighted by Gasteiger charge is -2.01. The molecule has 1 nitrogen and oxygen atoms in total. The van der Waals surface area contributed by atoms with Crippen molar-refractivity contribution in [3.63, 3.8) is 0 Å². The summed E-state index contributed by atoms with van der Waals surface area (Å²) in [6, 6.07) is 0. The monoisotopic (exact) mass is 141 g/mol. The van der Waals surface area contributed by atoms with E-state index in [4.69, 9.17) is 0 Å². The van der Waals surface area contributed by atoms with Crippen molar-refractivity contribution in [1.29, 1.82) is 0 Å². The van der Waals surface area contributed by atoms with Crippen molar-refractivity contribution in [2.75, 3.05) is 0 Å². The highest BCUT2D eigenvalue weighted by Gasteiger charge is 1.99. The van der Waals surface area contributed by atoms with Gasteiger partial charge in [-0.05, 0) is 18.8 Å². The van der Waals surface area contributed by atoms with Crippen LogP contribution in [0.3, 0.4) is 0 Å². The maximum absolute atomic E-state index is 10.8. The van der Waals surface area contributed by atoms with Crippen LogP contribution in [0.25, 0.3) is 0 Å². The fraction of sp³-hybridized carbons (Fsp3) is 0.778. The number of Topliss-reactive ketones (excluding diaryl/α,β-unsaturated/α-hetero) is 1. The standard InChI is InChI=1S/C9H17O/c1-4-9(10)7-5-6-8(2)3/h4-7H2,1-3H3. The van der Waals surface area contributed by atoms with Crippen LogP contribution in [-0.2, 0) is 4.79 Å². The Balaban J connectivity index is 3.12. The Morgan fingerprint density at radius 3 is 2.20 bits per heavy atom. The molecule has 0 spiro atoms. The Labute approximate surface area is 63.8 Å². The zero-order chi connectivity index (χ0) is 7.98. The van der Waals surface area contributed by atoms with E-state index in [1.54, 1.807) is 0 Å². The Morgan fingerprint density at radius 2 is 1.80 bits per heavy atom. The molecular formula is C9H17O. The van der Waals surface area contributed by atoms with Crippen molar-refractivity contribution < 1.29 is 4.79 Å². The van der Waals surface area contributed by atoms with Gasteiger partial charge in [0.1, 0.15) is 5.78 Å². The van der Waals surface area contributed by atoms with Crippen LogP contribution in [0, 0.1) is 5.92 Å². The van der Waals surface area contributed by atoms with Gasteiger partial charge in [-0.1, -0.05) is 20.8 Å². The molecule has 59 valence electrons. The van der Waals surface area contributed by atoms with Crippen LogP contribution in [0.2, 0.25) is 0 Å². The minimum atomic E-state index is 0.390. The van der Waals surface area contributed by atoms with Gasteiger partial charge in [0, 0.05) is 12.8 Å². The molecule has 10 heavy (non-hydrogen) atoms. The van der Waals surface area contributed by atoms with Gasteiger partial charge in [0.15, 0.2) is 0 Å². The molecule has 0 unspecified atom stereocenters. The van der Waals surface area contributed by atoms with Gasteiger partial charge in [0.05, 0.1) is 0 Å². The summed E-state index contributed by atoms with van der Waals surface area (Å²) in [5, 5.41) is 0. The highest BCUT2D eigenvalue weighted by atomic mass is 16.1. The first kappa shape index (κ1) is 9.67. The molecule has 1 radical (unpaired) electrons. The molecule has 0 saturated carbocycles. The fourth-order valence-corrected chi connectivity index (χ4v) is 0.816. The van der Waals surface area contributed by atoms with E-state index in [1.807, 2.05) is 6.92 Å². The summed E-state index contributed by atoms with van der Waals surface area (Å²) in [7, 11) is 0. The van der Waals surface area contributed by atoms with E-state index in [0.717, 1.165) is 19.3 Å². The van der Waals surface area contributed by atoms with Gasteiger partial charge in [-0.2, -0.15) is 0 Å². The second-order valence-electron chi connectivity index (χ2n) is 2.95. The van der Waals surface area contributed by atoms with E-state index in [-0.39, 0.29) is 0 Å². The Bertz CT molecular complexity index is 94.9. The van der Waals surface area contributed by atoms with Crippen LogP contribution in [0.1, 0.15) is 46.5 Å². The van der Waals surface area contributed by atoms with Gasteiger partial charge in [-0.3, -0.25) is 4.79 Å². The normalized spacial score (nSPS) is 10.4. The van der Waals surface area contributed by atoms with E-state index < -0.39 is 0 Å². The number of rotatable bonds is 5. The lowest BCUT2D eigenvalue weighted by Crippen LogP contribution is -1.95. The number of hydrogen-bond donors (Lipinski definition) is 0. The third kappa shape index (κ3) is 5.80. The van der Waals surface area contributed by atoms with Crippen molar-refractivity contribution >= 4 is 5.78 Å². The second-order valence-corrected chi connectivity index (χ2v) is 2.95. The maximum Gasteiger partial charge on any atom is 0.132 e. The smallest absolute Gasteiger partial charge is 0.132 e. The average molecular weight is 141 g/mol. The molecule has 0 rings (SSSR count).